The molecule has 1 fully saturated rings. The summed E-state index contributed by atoms with van der Waals surface area (Å²) < 4.78 is 0.886. The van der Waals surface area contributed by atoms with Crippen molar-refractivity contribution >= 4 is 33.8 Å². The first-order chi connectivity index (χ1) is 9.90. The zero-order chi connectivity index (χ0) is 15.3. The van der Waals surface area contributed by atoms with E-state index in [-0.39, 0.29) is 12.0 Å². The van der Waals surface area contributed by atoms with Crippen molar-refractivity contribution in [2.45, 2.75) is 25.3 Å². The number of aryl methyl sites for hydroxylation is 1. The molecule has 0 unspecified atom stereocenters. The Labute approximate surface area is 130 Å². The van der Waals surface area contributed by atoms with Gasteiger partial charge in [-0.15, -0.1) is 0 Å². The molecule has 2 amide bonds. The van der Waals surface area contributed by atoms with Crippen LogP contribution in [0, 0.1) is 6.92 Å². The SMILES string of the molecule is Cc1cc(Br)cc2c1N(C(=O)O)[C@H]1CCN(C(=O)O)C[C@@H]21. The monoisotopic (exact) mass is 354 g/mol. The summed E-state index contributed by atoms with van der Waals surface area (Å²) in [6, 6.07) is 3.62. The minimum atomic E-state index is -0.974. The van der Waals surface area contributed by atoms with Crippen molar-refractivity contribution in [1.82, 2.24) is 4.90 Å². The molecule has 0 saturated carbocycles. The molecule has 3 rings (SSSR count). The van der Waals surface area contributed by atoms with Crippen LogP contribution in [-0.4, -0.2) is 46.4 Å². The van der Waals surface area contributed by atoms with Crippen LogP contribution in [-0.2, 0) is 0 Å². The van der Waals surface area contributed by atoms with Crippen LogP contribution < -0.4 is 4.90 Å². The highest BCUT2D eigenvalue weighted by Crippen LogP contribution is 2.47. The first-order valence-electron chi connectivity index (χ1n) is 6.70. The molecule has 6 nitrogen and oxygen atoms in total. The van der Waals surface area contributed by atoms with Gasteiger partial charge in [-0.25, -0.2) is 9.59 Å². The van der Waals surface area contributed by atoms with Crippen LogP contribution in [0.1, 0.15) is 23.5 Å². The largest absolute Gasteiger partial charge is 0.465 e. The van der Waals surface area contributed by atoms with Crippen LogP contribution in [0.25, 0.3) is 0 Å². The van der Waals surface area contributed by atoms with Crippen molar-refractivity contribution in [3.8, 4) is 0 Å². The third-order valence-electron chi connectivity index (χ3n) is 4.32. The van der Waals surface area contributed by atoms with Crippen molar-refractivity contribution < 1.29 is 19.8 Å². The lowest BCUT2D eigenvalue weighted by Crippen LogP contribution is -2.49. The summed E-state index contributed by atoms with van der Waals surface area (Å²) in [5.74, 6) is -0.0999. The number of fused-ring (bicyclic) bond motifs is 3. The maximum Gasteiger partial charge on any atom is 0.412 e. The van der Waals surface area contributed by atoms with Crippen LogP contribution in [0.5, 0.6) is 0 Å². The van der Waals surface area contributed by atoms with Crippen molar-refractivity contribution in [1.29, 1.82) is 0 Å². The average molecular weight is 355 g/mol. The van der Waals surface area contributed by atoms with Gasteiger partial charge in [0.15, 0.2) is 0 Å². The molecule has 0 radical (unpaired) electrons. The fourth-order valence-corrected chi connectivity index (χ4v) is 4.09. The van der Waals surface area contributed by atoms with E-state index in [0.29, 0.717) is 25.2 Å². The van der Waals surface area contributed by atoms with Gasteiger partial charge in [-0.1, -0.05) is 15.9 Å². The lowest BCUT2D eigenvalue weighted by Gasteiger charge is -2.35. The molecule has 1 aromatic carbocycles. The zero-order valence-electron chi connectivity index (χ0n) is 11.4. The van der Waals surface area contributed by atoms with E-state index in [1.807, 2.05) is 19.1 Å². The fraction of sp³-hybridized carbons (Fsp3) is 0.429. The smallest absolute Gasteiger partial charge is 0.412 e. The van der Waals surface area contributed by atoms with Crippen LogP contribution in [0.3, 0.4) is 0 Å². The lowest BCUT2D eigenvalue weighted by molar-refractivity contribution is 0.126. The zero-order valence-corrected chi connectivity index (χ0v) is 13.0. The normalized spacial score (nSPS) is 23.7. The van der Waals surface area contributed by atoms with Gasteiger partial charge >= 0.3 is 12.2 Å². The highest BCUT2D eigenvalue weighted by molar-refractivity contribution is 9.10. The Bertz CT molecular complexity index is 634. The molecule has 2 aliphatic heterocycles. The fourth-order valence-electron chi connectivity index (χ4n) is 3.50. The second kappa shape index (κ2) is 4.91. The van der Waals surface area contributed by atoms with Crippen LogP contribution in [0.4, 0.5) is 15.3 Å². The second-order valence-electron chi connectivity index (χ2n) is 5.50. The van der Waals surface area contributed by atoms with Gasteiger partial charge < -0.3 is 15.1 Å². The lowest BCUT2D eigenvalue weighted by atomic mass is 9.89. The molecule has 21 heavy (non-hydrogen) atoms. The van der Waals surface area contributed by atoms with Gasteiger partial charge in [0, 0.05) is 23.5 Å². The Kier molecular flexibility index (Phi) is 3.32. The van der Waals surface area contributed by atoms with Crippen LogP contribution in [0.2, 0.25) is 0 Å². The molecule has 2 N–H and O–H groups in total. The number of piperidine rings is 1. The summed E-state index contributed by atoms with van der Waals surface area (Å²) >= 11 is 3.44. The van der Waals surface area contributed by atoms with Gasteiger partial charge in [-0.3, -0.25) is 4.90 Å². The molecule has 2 heterocycles. The predicted octanol–water partition coefficient (Wildman–Crippen LogP) is 3.09. The van der Waals surface area contributed by atoms with E-state index in [1.165, 1.54) is 9.80 Å². The molecule has 0 bridgehead atoms. The van der Waals surface area contributed by atoms with Crippen molar-refractivity contribution in [2.24, 2.45) is 0 Å². The number of nitrogens with zero attached hydrogens (tertiary/aromatic N) is 2. The minimum absolute atomic E-state index is 0.0999. The first-order valence-corrected chi connectivity index (χ1v) is 7.49. The molecular weight excluding hydrogens is 340 g/mol. The summed E-state index contributed by atoms with van der Waals surface area (Å²) in [5.41, 5.74) is 2.52. The van der Waals surface area contributed by atoms with E-state index in [1.54, 1.807) is 0 Å². The molecule has 0 spiro atoms. The van der Waals surface area contributed by atoms with Crippen molar-refractivity contribution in [3.05, 3.63) is 27.7 Å². The van der Waals surface area contributed by atoms with Gasteiger partial charge in [-0.05, 0) is 36.6 Å². The van der Waals surface area contributed by atoms with E-state index < -0.39 is 12.2 Å². The topological polar surface area (TPSA) is 81.1 Å². The number of anilines is 1. The number of rotatable bonds is 0. The van der Waals surface area contributed by atoms with Gasteiger partial charge in [0.25, 0.3) is 0 Å². The predicted molar refractivity (Wildman–Crippen MR) is 80.1 cm³/mol. The molecule has 1 aromatic rings. The number of hydrogen-bond acceptors (Lipinski definition) is 2. The average Bonchev–Trinajstić information content (AvgIpc) is 2.72. The molecular formula is C14H15BrN2O4. The van der Waals surface area contributed by atoms with E-state index in [2.05, 4.69) is 15.9 Å². The second-order valence-corrected chi connectivity index (χ2v) is 6.42. The Balaban J connectivity index is 2.09. The summed E-state index contributed by atoms with van der Waals surface area (Å²) in [6.07, 6.45) is -1.40. The standard InChI is InChI=1S/C14H15BrN2O4/c1-7-4-8(15)5-9-10-6-16(13(18)19)3-2-11(10)17(12(7)9)14(20)21/h4-5,10-11H,2-3,6H2,1H3,(H,18,19)(H,20,21)/t10-,11-/m0/s1. The van der Waals surface area contributed by atoms with Crippen molar-refractivity contribution in [3.63, 3.8) is 0 Å². The minimum Gasteiger partial charge on any atom is -0.465 e. The van der Waals surface area contributed by atoms with E-state index in [9.17, 15) is 19.8 Å². The molecule has 2 aliphatic rings. The third-order valence-corrected chi connectivity index (χ3v) is 4.78. The van der Waals surface area contributed by atoms with Gasteiger partial charge in [0.2, 0.25) is 0 Å². The van der Waals surface area contributed by atoms with Gasteiger partial charge in [0.05, 0.1) is 11.7 Å². The number of carboxylic acid groups (broad SMARTS) is 2. The molecule has 1 saturated heterocycles. The quantitative estimate of drug-likeness (QED) is 0.749. The first kappa shape index (κ1) is 14.2. The number of likely N-dealkylation sites (tertiary alicyclic amines) is 1. The van der Waals surface area contributed by atoms with Gasteiger partial charge in [-0.2, -0.15) is 0 Å². The maximum absolute atomic E-state index is 11.7. The third kappa shape index (κ3) is 2.16. The number of carbonyl (C=O) groups is 2. The molecule has 2 atom stereocenters. The Morgan fingerprint density at radius 1 is 1.29 bits per heavy atom. The van der Waals surface area contributed by atoms with E-state index in [0.717, 1.165) is 15.6 Å². The Hall–Kier alpha value is -1.76. The number of benzene rings is 1. The molecule has 7 heteroatoms. The number of hydrogen-bond donors (Lipinski definition) is 2. The number of amides is 2. The highest BCUT2D eigenvalue weighted by Gasteiger charge is 2.46. The molecule has 0 aliphatic carbocycles. The Morgan fingerprint density at radius 2 is 2.00 bits per heavy atom. The van der Waals surface area contributed by atoms with Crippen LogP contribution >= 0.6 is 15.9 Å². The number of halogens is 1. The van der Waals surface area contributed by atoms with Crippen molar-refractivity contribution in [2.75, 3.05) is 18.0 Å². The van der Waals surface area contributed by atoms with E-state index in [4.69, 9.17) is 0 Å². The summed E-state index contributed by atoms with van der Waals surface area (Å²) in [5, 5.41) is 18.7. The maximum atomic E-state index is 11.7. The highest BCUT2D eigenvalue weighted by atomic mass is 79.9. The van der Waals surface area contributed by atoms with Gasteiger partial charge in [0.1, 0.15) is 0 Å². The summed E-state index contributed by atoms with van der Waals surface area (Å²) in [7, 11) is 0. The summed E-state index contributed by atoms with van der Waals surface area (Å²) in [4.78, 5) is 25.6. The van der Waals surface area contributed by atoms with Crippen LogP contribution in [0.15, 0.2) is 16.6 Å². The molecule has 112 valence electrons. The van der Waals surface area contributed by atoms with E-state index >= 15 is 0 Å². The molecule has 0 aromatic heterocycles. The summed E-state index contributed by atoms with van der Waals surface area (Å²) in [6.45, 7) is 2.59. The Morgan fingerprint density at radius 3 is 2.62 bits per heavy atom.